The van der Waals surface area contributed by atoms with E-state index in [1.807, 2.05) is 0 Å². The zero-order chi connectivity index (χ0) is 13.4. The summed E-state index contributed by atoms with van der Waals surface area (Å²) in [5.74, 6) is 0. The third kappa shape index (κ3) is 4.29. The molecule has 8 heteroatoms. The van der Waals surface area contributed by atoms with Crippen molar-refractivity contribution < 1.29 is 28.7 Å². The van der Waals surface area contributed by atoms with Gasteiger partial charge in [0.05, 0.1) is 0 Å². The van der Waals surface area contributed by atoms with Crippen LogP contribution in [0.25, 0.3) is 0 Å². The summed E-state index contributed by atoms with van der Waals surface area (Å²) in [5, 5.41) is 0. The van der Waals surface area contributed by atoms with Gasteiger partial charge >= 0.3 is 12.2 Å². The van der Waals surface area contributed by atoms with E-state index in [1.165, 1.54) is 0 Å². The second kappa shape index (κ2) is 7.11. The molecule has 0 aromatic heterocycles. The zero-order valence-electron chi connectivity index (χ0n) is 9.33. The Hall–Kier alpha value is -2.30. The van der Waals surface area contributed by atoms with Crippen LogP contribution < -0.4 is 0 Å². The number of aliphatic imine (C=N–C) groups is 2. The lowest BCUT2D eigenvalue weighted by molar-refractivity contribution is -0.0252. The van der Waals surface area contributed by atoms with Gasteiger partial charge in [0.2, 0.25) is 12.2 Å². The summed E-state index contributed by atoms with van der Waals surface area (Å²) in [5.41, 5.74) is 0. The van der Waals surface area contributed by atoms with Crippen molar-refractivity contribution in [2.45, 2.75) is 37.9 Å². The molecule has 0 aromatic carbocycles. The molecule has 2 unspecified atom stereocenters. The number of rotatable bonds is 2. The molecule has 0 N–H and O–H groups in total. The van der Waals surface area contributed by atoms with Crippen LogP contribution in [0.2, 0.25) is 0 Å². The predicted octanol–water partition coefficient (Wildman–Crippen LogP) is 1.24. The van der Waals surface area contributed by atoms with Crippen molar-refractivity contribution in [2.24, 2.45) is 9.98 Å². The van der Waals surface area contributed by atoms with Crippen LogP contribution in [-0.2, 0) is 19.1 Å². The largest absolute Gasteiger partial charge is 0.444 e. The van der Waals surface area contributed by atoms with Crippen molar-refractivity contribution >= 4 is 24.3 Å². The van der Waals surface area contributed by atoms with Crippen molar-refractivity contribution in [2.75, 3.05) is 0 Å². The number of isocyanates is 2. The first-order chi connectivity index (χ1) is 8.67. The first-order valence-electron chi connectivity index (χ1n) is 5.24. The van der Waals surface area contributed by atoms with E-state index in [-0.39, 0.29) is 0 Å². The molecule has 0 radical (unpaired) electrons. The van der Waals surface area contributed by atoms with E-state index >= 15 is 0 Å². The van der Waals surface area contributed by atoms with Gasteiger partial charge in [0.1, 0.15) is 12.2 Å². The highest BCUT2D eigenvalue weighted by Gasteiger charge is 2.31. The van der Waals surface area contributed by atoms with Crippen LogP contribution >= 0.6 is 0 Å². The Morgan fingerprint density at radius 2 is 1.28 bits per heavy atom. The Labute approximate surface area is 102 Å². The molecule has 0 bridgehead atoms. The molecule has 1 rings (SSSR count). The van der Waals surface area contributed by atoms with Crippen molar-refractivity contribution in [1.82, 2.24) is 0 Å². The van der Waals surface area contributed by atoms with Crippen LogP contribution in [0.4, 0.5) is 9.59 Å². The molecule has 1 aliphatic carbocycles. The Balaban J connectivity index is 2.61. The minimum absolute atomic E-state index is 0.475. The Bertz CT molecular complexity index is 382. The number of ether oxygens (including phenoxy) is 2. The fraction of sp³-hybridized carbons (Fsp3) is 0.600. The van der Waals surface area contributed by atoms with Crippen molar-refractivity contribution in [3.05, 3.63) is 0 Å². The number of hydrogen-bond donors (Lipinski definition) is 0. The number of carbonyl (C=O) groups excluding carboxylic acids is 4. The summed E-state index contributed by atoms with van der Waals surface area (Å²) in [6.07, 6.45) is 1.06. The molecule has 0 aliphatic heterocycles. The van der Waals surface area contributed by atoms with Crippen LogP contribution in [-0.4, -0.2) is 36.6 Å². The molecule has 96 valence electrons. The molecule has 1 saturated carbocycles. The molecule has 0 spiro atoms. The molecular weight excluding hydrogens is 244 g/mol. The van der Waals surface area contributed by atoms with E-state index in [2.05, 4.69) is 9.98 Å². The Kier molecular flexibility index (Phi) is 5.44. The van der Waals surface area contributed by atoms with E-state index in [9.17, 15) is 19.2 Å². The lowest BCUT2D eigenvalue weighted by atomic mass is 9.94. The van der Waals surface area contributed by atoms with Gasteiger partial charge in [-0.05, 0) is 25.7 Å². The summed E-state index contributed by atoms with van der Waals surface area (Å²) in [6, 6.07) is 0. The van der Waals surface area contributed by atoms with Gasteiger partial charge in [-0.1, -0.05) is 9.98 Å². The molecule has 1 aliphatic rings. The van der Waals surface area contributed by atoms with Gasteiger partial charge in [-0.15, -0.1) is 0 Å². The molecule has 0 aromatic rings. The highest BCUT2D eigenvalue weighted by Crippen LogP contribution is 2.24. The van der Waals surface area contributed by atoms with Crippen LogP contribution in [0, 0.1) is 0 Å². The van der Waals surface area contributed by atoms with Gasteiger partial charge in [0.15, 0.2) is 0 Å². The van der Waals surface area contributed by atoms with Gasteiger partial charge in [0, 0.05) is 0 Å². The maximum atomic E-state index is 11.0. The Morgan fingerprint density at radius 3 is 1.61 bits per heavy atom. The zero-order valence-corrected chi connectivity index (χ0v) is 9.33. The average Bonchev–Trinajstić information content (AvgIpc) is 2.32. The lowest BCUT2D eigenvalue weighted by Gasteiger charge is -2.29. The lowest BCUT2D eigenvalue weighted by Crippen LogP contribution is -2.36. The van der Waals surface area contributed by atoms with Gasteiger partial charge in [0.25, 0.3) is 0 Å². The first-order valence-corrected chi connectivity index (χ1v) is 5.24. The van der Waals surface area contributed by atoms with Gasteiger partial charge < -0.3 is 9.47 Å². The molecular formula is C10H10N2O6. The normalized spacial score (nSPS) is 22.0. The molecule has 8 nitrogen and oxygen atoms in total. The van der Waals surface area contributed by atoms with Crippen molar-refractivity contribution in [3.63, 3.8) is 0 Å². The minimum Gasteiger partial charge on any atom is -0.440 e. The minimum atomic E-state index is -1.09. The summed E-state index contributed by atoms with van der Waals surface area (Å²) >= 11 is 0. The van der Waals surface area contributed by atoms with Crippen molar-refractivity contribution in [1.29, 1.82) is 0 Å². The van der Waals surface area contributed by atoms with E-state index in [4.69, 9.17) is 9.47 Å². The van der Waals surface area contributed by atoms with E-state index in [0.717, 1.165) is 25.0 Å². The fourth-order valence-electron chi connectivity index (χ4n) is 1.72. The van der Waals surface area contributed by atoms with Gasteiger partial charge in [-0.25, -0.2) is 19.2 Å². The van der Waals surface area contributed by atoms with Crippen LogP contribution in [0.1, 0.15) is 25.7 Å². The Morgan fingerprint density at radius 1 is 0.889 bits per heavy atom. The average molecular weight is 254 g/mol. The van der Waals surface area contributed by atoms with E-state index in [1.54, 1.807) is 0 Å². The molecule has 18 heavy (non-hydrogen) atoms. The van der Waals surface area contributed by atoms with Gasteiger partial charge in [-0.2, -0.15) is 0 Å². The molecule has 0 saturated heterocycles. The highest BCUT2D eigenvalue weighted by molar-refractivity contribution is 5.75. The summed E-state index contributed by atoms with van der Waals surface area (Å²) in [6.45, 7) is 0. The van der Waals surface area contributed by atoms with E-state index in [0.29, 0.717) is 12.8 Å². The number of hydrogen-bond acceptors (Lipinski definition) is 6. The molecule has 2 amide bonds. The third-order valence-corrected chi connectivity index (χ3v) is 2.42. The maximum Gasteiger partial charge on any atom is 0.444 e. The molecule has 0 heterocycles. The van der Waals surface area contributed by atoms with E-state index < -0.39 is 24.4 Å². The number of carbonyl (C=O) groups is 2. The number of amides is 2. The maximum absolute atomic E-state index is 11.0. The summed E-state index contributed by atoms with van der Waals surface area (Å²) < 4.78 is 9.68. The SMILES string of the molecule is O=C=NC(=O)OC1CCCCC1OC(=O)N=C=O. The second-order valence-corrected chi connectivity index (χ2v) is 3.54. The second-order valence-electron chi connectivity index (χ2n) is 3.54. The summed E-state index contributed by atoms with van der Waals surface area (Å²) in [4.78, 5) is 47.3. The topological polar surface area (TPSA) is 111 Å². The predicted molar refractivity (Wildman–Crippen MR) is 55.2 cm³/mol. The molecule has 2 atom stereocenters. The highest BCUT2D eigenvalue weighted by atomic mass is 16.6. The fourth-order valence-corrected chi connectivity index (χ4v) is 1.72. The monoisotopic (exact) mass is 254 g/mol. The number of nitrogens with zero attached hydrogens (tertiary/aromatic N) is 2. The van der Waals surface area contributed by atoms with Crippen LogP contribution in [0.3, 0.4) is 0 Å². The quantitative estimate of drug-likeness (QED) is 0.541. The summed E-state index contributed by atoms with van der Waals surface area (Å²) in [7, 11) is 0. The van der Waals surface area contributed by atoms with Crippen molar-refractivity contribution in [3.8, 4) is 0 Å². The van der Waals surface area contributed by atoms with Gasteiger partial charge in [-0.3, -0.25) is 0 Å². The standard InChI is InChI=1S/C10H10N2O6/c13-5-11-9(15)17-7-3-1-2-4-8(7)18-10(16)12-6-14/h7-8H,1-4H2. The smallest absolute Gasteiger partial charge is 0.440 e. The third-order valence-electron chi connectivity index (χ3n) is 2.42. The molecule has 1 fully saturated rings. The van der Waals surface area contributed by atoms with Crippen LogP contribution in [0.15, 0.2) is 9.98 Å². The van der Waals surface area contributed by atoms with Crippen LogP contribution in [0.5, 0.6) is 0 Å². The first kappa shape index (κ1) is 13.8.